The number of nitrogens with one attached hydrogen (secondary N) is 1. The van der Waals surface area contributed by atoms with Crippen molar-refractivity contribution in [2.75, 3.05) is 6.54 Å². The largest absolute Gasteiger partial charge is 0.464 e. The van der Waals surface area contributed by atoms with Crippen molar-refractivity contribution in [2.45, 2.75) is 25.8 Å². The molecule has 3 heteroatoms. The van der Waals surface area contributed by atoms with Crippen LogP contribution in [0.15, 0.2) is 59.5 Å². The number of rotatable bonds is 6. The van der Waals surface area contributed by atoms with Gasteiger partial charge < -0.3 is 9.73 Å². The summed E-state index contributed by atoms with van der Waals surface area (Å²) in [6.07, 6.45) is 7.65. The number of aromatic nitrogens is 1. The molecular weight excluding hydrogens is 260 g/mol. The van der Waals surface area contributed by atoms with E-state index >= 15 is 0 Å². The topological polar surface area (TPSA) is 38.1 Å². The SMILES string of the molecule is CCCNC(Cc1cccnc1)c1coc2ccccc12. The molecule has 0 saturated carbocycles. The van der Waals surface area contributed by atoms with Gasteiger partial charge >= 0.3 is 0 Å². The van der Waals surface area contributed by atoms with Gasteiger partial charge in [-0.05, 0) is 37.1 Å². The van der Waals surface area contributed by atoms with Crippen molar-refractivity contribution in [1.82, 2.24) is 10.3 Å². The third-order valence-corrected chi connectivity index (χ3v) is 3.69. The van der Waals surface area contributed by atoms with Gasteiger partial charge in [0.15, 0.2) is 0 Å². The summed E-state index contributed by atoms with van der Waals surface area (Å²) < 4.78 is 5.69. The molecule has 0 aliphatic rings. The van der Waals surface area contributed by atoms with Crippen LogP contribution in [0.1, 0.15) is 30.5 Å². The summed E-state index contributed by atoms with van der Waals surface area (Å²) in [4.78, 5) is 4.21. The summed E-state index contributed by atoms with van der Waals surface area (Å²) in [5, 5.41) is 4.81. The molecule has 0 amide bonds. The number of furan rings is 1. The predicted octanol–water partition coefficient (Wildman–Crippen LogP) is 4.11. The average molecular weight is 280 g/mol. The molecule has 0 fully saturated rings. The average Bonchev–Trinajstić information content (AvgIpc) is 2.96. The van der Waals surface area contributed by atoms with Crippen LogP contribution in [0, 0.1) is 0 Å². The van der Waals surface area contributed by atoms with Gasteiger partial charge in [0, 0.05) is 29.4 Å². The highest BCUT2D eigenvalue weighted by molar-refractivity contribution is 5.81. The Morgan fingerprint density at radius 2 is 2.10 bits per heavy atom. The fourth-order valence-electron chi connectivity index (χ4n) is 2.63. The minimum Gasteiger partial charge on any atom is -0.464 e. The second-order valence-electron chi connectivity index (χ2n) is 5.26. The lowest BCUT2D eigenvalue weighted by molar-refractivity contribution is 0.519. The molecule has 21 heavy (non-hydrogen) atoms. The van der Waals surface area contributed by atoms with Crippen LogP contribution in [0.2, 0.25) is 0 Å². The van der Waals surface area contributed by atoms with Gasteiger partial charge in [-0.15, -0.1) is 0 Å². The zero-order chi connectivity index (χ0) is 14.5. The van der Waals surface area contributed by atoms with Crippen molar-refractivity contribution in [3.05, 3.63) is 66.2 Å². The summed E-state index contributed by atoms with van der Waals surface area (Å²) >= 11 is 0. The van der Waals surface area contributed by atoms with E-state index in [1.807, 2.05) is 36.9 Å². The molecule has 3 rings (SSSR count). The van der Waals surface area contributed by atoms with Crippen molar-refractivity contribution in [3.63, 3.8) is 0 Å². The fraction of sp³-hybridized carbons (Fsp3) is 0.278. The second-order valence-corrected chi connectivity index (χ2v) is 5.26. The lowest BCUT2D eigenvalue weighted by atomic mass is 9.99. The Balaban J connectivity index is 1.91. The van der Waals surface area contributed by atoms with Crippen LogP contribution in [-0.4, -0.2) is 11.5 Å². The van der Waals surface area contributed by atoms with Gasteiger partial charge in [-0.25, -0.2) is 0 Å². The van der Waals surface area contributed by atoms with E-state index in [0.29, 0.717) is 0 Å². The van der Waals surface area contributed by atoms with E-state index < -0.39 is 0 Å². The number of pyridine rings is 1. The fourth-order valence-corrected chi connectivity index (χ4v) is 2.63. The highest BCUT2D eigenvalue weighted by Gasteiger charge is 2.17. The van der Waals surface area contributed by atoms with Gasteiger partial charge in [0.2, 0.25) is 0 Å². The zero-order valence-corrected chi connectivity index (χ0v) is 12.3. The maximum Gasteiger partial charge on any atom is 0.134 e. The summed E-state index contributed by atoms with van der Waals surface area (Å²) in [6.45, 7) is 3.17. The Hall–Kier alpha value is -2.13. The minimum absolute atomic E-state index is 0.248. The quantitative estimate of drug-likeness (QED) is 0.738. The molecule has 3 aromatic rings. The van der Waals surface area contributed by atoms with E-state index in [2.05, 4.69) is 35.4 Å². The van der Waals surface area contributed by atoms with Crippen LogP contribution in [-0.2, 0) is 6.42 Å². The van der Waals surface area contributed by atoms with Gasteiger partial charge in [0.25, 0.3) is 0 Å². The van der Waals surface area contributed by atoms with E-state index in [1.165, 1.54) is 16.5 Å². The maximum atomic E-state index is 5.69. The zero-order valence-electron chi connectivity index (χ0n) is 12.3. The van der Waals surface area contributed by atoms with E-state index in [-0.39, 0.29) is 6.04 Å². The molecule has 1 atom stereocenters. The third kappa shape index (κ3) is 3.14. The maximum absolute atomic E-state index is 5.69. The van der Waals surface area contributed by atoms with Gasteiger partial charge in [-0.2, -0.15) is 0 Å². The smallest absolute Gasteiger partial charge is 0.134 e. The Labute approximate surface area is 125 Å². The van der Waals surface area contributed by atoms with Crippen LogP contribution in [0.4, 0.5) is 0 Å². The number of benzene rings is 1. The van der Waals surface area contributed by atoms with E-state index in [1.54, 1.807) is 0 Å². The molecule has 0 bridgehead atoms. The molecule has 0 spiro atoms. The third-order valence-electron chi connectivity index (χ3n) is 3.69. The summed E-state index contributed by atoms with van der Waals surface area (Å²) in [5.74, 6) is 0. The van der Waals surface area contributed by atoms with Crippen LogP contribution in [0.3, 0.4) is 0 Å². The van der Waals surface area contributed by atoms with Crippen LogP contribution < -0.4 is 5.32 Å². The molecule has 2 heterocycles. The van der Waals surface area contributed by atoms with Crippen LogP contribution in [0.5, 0.6) is 0 Å². The predicted molar refractivity (Wildman–Crippen MR) is 85.2 cm³/mol. The molecule has 1 N–H and O–H groups in total. The first-order valence-electron chi connectivity index (χ1n) is 7.47. The van der Waals surface area contributed by atoms with Gasteiger partial charge in [0.1, 0.15) is 5.58 Å². The normalized spacial score (nSPS) is 12.6. The molecular formula is C18H20N2O. The standard InChI is InChI=1S/C18H20N2O/c1-2-9-20-17(11-14-6-5-10-19-12-14)16-13-21-18-8-4-3-7-15(16)18/h3-8,10,12-13,17,20H,2,9,11H2,1H3. The van der Waals surface area contributed by atoms with E-state index in [9.17, 15) is 0 Å². The minimum atomic E-state index is 0.248. The van der Waals surface area contributed by atoms with Crippen molar-refractivity contribution in [3.8, 4) is 0 Å². The number of hydrogen-bond acceptors (Lipinski definition) is 3. The Morgan fingerprint density at radius 3 is 2.90 bits per heavy atom. The molecule has 3 nitrogen and oxygen atoms in total. The summed E-state index contributed by atoms with van der Waals surface area (Å²) in [6, 6.07) is 12.6. The van der Waals surface area contributed by atoms with Crippen LogP contribution in [0.25, 0.3) is 11.0 Å². The molecule has 2 aromatic heterocycles. The summed E-state index contributed by atoms with van der Waals surface area (Å²) in [5.41, 5.74) is 3.40. The number of fused-ring (bicyclic) bond motifs is 1. The van der Waals surface area contributed by atoms with Crippen molar-refractivity contribution >= 4 is 11.0 Å². The first-order valence-corrected chi connectivity index (χ1v) is 7.47. The van der Waals surface area contributed by atoms with Gasteiger partial charge in [0.05, 0.1) is 6.26 Å². The number of para-hydroxylation sites is 1. The molecule has 0 saturated heterocycles. The summed E-state index contributed by atoms with van der Waals surface area (Å²) in [7, 11) is 0. The van der Waals surface area contributed by atoms with E-state index in [4.69, 9.17) is 4.42 Å². The Kier molecular flexibility index (Phi) is 4.31. The molecule has 1 unspecified atom stereocenters. The highest BCUT2D eigenvalue weighted by atomic mass is 16.3. The van der Waals surface area contributed by atoms with Crippen molar-refractivity contribution < 1.29 is 4.42 Å². The monoisotopic (exact) mass is 280 g/mol. The van der Waals surface area contributed by atoms with Crippen molar-refractivity contribution in [1.29, 1.82) is 0 Å². The van der Waals surface area contributed by atoms with Gasteiger partial charge in [-0.1, -0.05) is 31.2 Å². The first-order chi connectivity index (χ1) is 10.4. The van der Waals surface area contributed by atoms with Crippen molar-refractivity contribution in [2.24, 2.45) is 0 Å². The Bertz CT molecular complexity index is 691. The number of nitrogens with zero attached hydrogens (tertiary/aromatic N) is 1. The lowest BCUT2D eigenvalue weighted by Crippen LogP contribution is -2.23. The van der Waals surface area contributed by atoms with Crippen LogP contribution >= 0.6 is 0 Å². The molecule has 108 valence electrons. The molecule has 0 radical (unpaired) electrons. The van der Waals surface area contributed by atoms with Gasteiger partial charge in [-0.3, -0.25) is 4.98 Å². The Morgan fingerprint density at radius 1 is 1.19 bits per heavy atom. The highest BCUT2D eigenvalue weighted by Crippen LogP contribution is 2.28. The first kappa shape index (κ1) is 13.8. The molecule has 0 aliphatic carbocycles. The van der Waals surface area contributed by atoms with E-state index in [0.717, 1.165) is 25.0 Å². The molecule has 1 aromatic carbocycles. The lowest BCUT2D eigenvalue weighted by Gasteiger charge is -2.17. The second kappa shape index (κ2) is 6.55. The molecule has 0 aliphatic heterocycles. The number of hydrogen-bond donors (Lipinski definition) is 1.